The SMILES string of the molecule is Cc1cc(C)c(C)c(-c2c3oc4ncnn4c3nc[n+]2C)c1. The molecule has 0 unspecified atom stereocenters. The van der Waals surface area contributed by atoms with E-state index in [0.29, 0.717) is 17.1 Å². The van der Waals surface area contributed by atoms with Crippen LogP contribution in [0, 0.1) is 20.8 Å². The van der Waals surface area contributed by atoms with Crippen LogP contribution in [0.25, 0.3) is 28.3 Å². The molecule has 3 heterocycles. The molecule has 0 atom stereocenters. The van der Waals surface area contributed by atoms with Crippen molar-refractivity contribution in [2.24, 2.45) is 7.05 Å². The molecule has 22 heavy (non-hydrogen) atoms. The molecule has 0 aliphatic rings. The second kappa shape index (κ2) is 4.37. The van der Waals surface area contributed by atoms with E-state index < -0.39 is 0 Å². The van der Waals surface area contributed by atoms with Crippen LogP contribution in [0.5, 0.6) is 0 Å². The van der Waals surface area contributed by atoms with Crippen molar-refractivity contribution in [1.82, 2.24) is 19.6 Å². The molecule has 0 N–H and O–H groups in total. The van der Waals surface area contributed by atoms with E-state index in [1.807, 2.05) is 11.6 Å². The van der Waals surface area contributed by atoms with Gasteiger partial charge in [0.25, 0.3) is 6.33 Å². The Hall–Kier alpha value is -2.76. The molecule has 4 aromatic rings. The number of hydrogen-bond acceptors (Lipinski definition) is 4. The van der Waals surface area contributed by atoms with E-state index in [2.05, 4.69) is 48.0 Å². The fourth-order valence-corrected chi connectivity index (χ4v) is 2.90. The van der Waals surface area contributed by atoms with Crippen LogP contribution in [-0.2, 0) is 7.05 Å². The Morgan fingerprint density at radius 1 is 1.14 bits per heavy atom. The molecule has 0 saturated carbocycles. The Balaban J connectivity index is 2.16. The summed E-state index contributed by atoms with van der Waals surface area (Å²) in [5.74, 6) is 0.456. The lowest BCUT2D eigenvalue weighted by molar-refractivity contribution is -0.662. The first kappa shape index (κ1) is 12.9. The molecule has 0 fully saturated rings. The molecular weight excluding hydrogens is 278 g/mol. The fraction of sp³-hybridized carbons (Fsp3) is 0.250. The van der Waals surface area contributed by atoms with Crippen LogP contribution < -0.4 is 4.57 Å². The first-order valence-electron chi connectivity index (χ1n) is 7.11. The largest absolute Gasteiger partial charge is 0.413 e. The van der Waals surface area contributed by atoms with Crippen LogP contribution in [0.3, 0.4) is 0 Å². The number of aryl methyl sites for hydroxylation is 3. The fourth-order valence-electron chi connectivity index (χ4n) is 2.90. The zero-order valence-corrected chi connectivity index (χ0v) is 13.0. The van der Waals surface area contributed by atoms with E-state index in [1.54, 1.807) is 10.8 Å². The van der Waals surface area contributed by atoms with Crippen molar-refractivity contribution in [3.05, 3.63) is 41.5 Å². The number of hydrogen-bond donors (Lipinski definition) is 0. The van der Waals surface area contributed by atoms with Crippen LogP contribution in [-0.4, -0.2) is 19.6 Å². The monoisotopic (exact) mass is 294 g/mol. The van der Waals surface area contributed by atoms with E-state index in [9.17, 15) is 0 Å². The van der Waals surface area contributed by atoms with Gasteiger partial charge < -0.3 is 4.42 Å². The van der Waals surface area contributed by atoms with Gasteiger partial charge in [-0.3, -0.25) is 0 Å². The van der Waals surface area contributed by atoms with E-state index >= 15 is 0 Å². The summed E-state index contributed by atoms with van der Waals surface area (Å²) < 4.78 is 9.50. The number of benzene rings is 1. The summed E-state index contributed by atoms with van der Waals surface area (Å²) in [6.07, 6.45) is 3.25. The van der Waals surface area contributed by atoms with Crippen LogP contribution >= 0.6 is 0 Å². The molecule has 6 nitrogen and oxygen atoms in total. The van der Waals surface area contributed by atoms with Gasteiger partial charge in [0.2, 0.25) is 5.58 Å². The number of fused-ring (bicyclic) bond motifs is 3. The summed E-state index contributed by atoms with van der Waals surface area (Å²) in [6, 6.07) is 4.36. The Labute approximate surface area is 127 Å². The minimum Gasteiger partial charge on any atom is -0.413 e. The third-order valence-electron chi connectivity index (χ3n) is 4.10. The standard InChI is InChI=1S/C16H16N5O/c1-9-5-10(2)11(3)12(6-9)13-14-15(18-8-20(13)4)21-16(22-14)17-7-19-21/h5-8H,1-4H3/q+1. The Kier molecular flexibility index (Phi) is 2.57. The van der Waals surface area contributed by atoms with Crippen molar-refractivity contribution < 1.29 is 8.98 Å². The normalized spacial score (nSPS) is 11.6. The highest BCUT2D eigenvalue weighted by atomic mass is 16.4. The lowest BCUT2D eigenvalue weighted by Gasteiger charge is -2.10. The van der Waals surface area contributed by atoms with Crippen LogP contribution in [0.2, 0.25) is 0 Å². The van der Waals surface area contributed by atoms with E-state index in [-0.39, 0.29) is 0 Å². The average Bonchev–Trinajstić information content (AvgIpc) is 3.03. The second-order valence-corrected chi connectivity index (χ2v) is 5.67. The predicted molar refractivity (Wildman–Crippen MR) is 81.4 cm³/mol. The molecule has 0 amide bonds. The van der Waals surface area contributed by atoms with Gasteiger partial charge in [0, 0.05) is 5.56 Å². The molecule has 0 radical (unpaired) electrons. The number of aromatic nitrogens is 5. The summed E-state index contributed by atoms with van der Waals surface area (Å²) in [6.45, 7) is 6.36. The lowest BCUT2D eigenvalue weighted by Crippen LogP contribution is -2.31. The number of nitrogens with zero attached hydrogens (tertiary/aromatic N) is 5. The van der Waals surface area contributed by atoms with Gasteiger partial charge in [-0.15, -0.1) is 9.61 Å². The van der Waals surface area contributed by atoms with Crippen LogP contribution in [0.4, 0.5) is 0 Å². The second-order valence-electron chi connectivity index (χ2n) is 5.67. The minimum absolute atomic E-state index is 0.456. The minimum atomic E-state index is 0.456. The van der Waals surface area contributed by atoms with Gasteiger partial charge in [-0.1, -0.05) is 11.6 Å². The summed E-state index contributed by atoms with van der Waals surface area (Å²) in [4.78, 5) is 8.55. The van der Waals surface area contributed by atoms with E-state index in [0.717, 1.165) is 11.3 Å². The average molecular weight is 294 g/mol. The number of rotatable bonds is 1. The van der Waals surface area contributed by atoms with Gasteiger partial charge in [-0.25, -0.2) is 4.57 Å². The molecule has 0 aliphatic carbocycles. The predicted octanol–water partition coefficient (Wildman–Crippen LogP) is 2.29. The van der Waals surface area contributed by atoms with Crippen LogP contribution in [0.1, 0.15) is 16.7 Å². The highest BCUT2D eigenvalue weighted by Gasteiger charge is 2.24. The highest BCUT2D eigenvalue weighted by molar-refractivity contribution is 5.86. The van der Waals surface area contributed by atoms with Crippen molar-refractivity contribution in [3.8, 4) is 11.3 Å². The smallest absolute Gasteiger partial charge is 0.329 e. The van der Waals surface area contributed by atoms with Gasteiger partial charge in [0.15, 0.2) is 5.69 Å². The molecule has 0 saturated heterocycles. The summed E-state index contributed by atoms with van der Waals surface area (Å²) in [5, 5.41) is 4.17. The summed E-state index contributed by atoms with van der Waals surface area (Å²) in [7, 11) is 1.97. The first-order chi connectivity index (χ1) is 10.6. The maximum Gasteiger partial charge on any atom is 0.329 e. The third kappa shape index (κ3) is 1.67. The topological polar surface area (TPSA) is 60.1 Å². The molecular formula is C16H16N5O+. The summed E-state index contributed by atoms with van der Waals surface area (Å²) >= 11 is 0. The molecule has 110 valence electrons. The quantitative estimate of drug-likeness (QED) is 0.505. The molecule has 1 aromatic carbocycles. The molecule has 6 heteroatoms. The molecule has 3 aromatic heterocycles. The maximum absolute atomic E-state index is 5.90. The lowest BCUT2D eigenvalue weighted by atomic mass is 9.97. The highest BCUT2D eigenvalue weighted by Crippen LogP contribution is 2.30. The Morgan fingerprint density at radius 3 is 2.77 bits per heavy atom. The van der Waals surface area contributed by atoms with Crippen molar-refractivity contribution in [3.63, 3.8) is 0 Å². The van der Waals surface area contributed by atoms with Gasteiger partial charge in [0.1, 0.15) is 6.33 Å². The van der Waals surface area contributed by atoms with Gasteiger partial charge in [-0.05, 0) is 42.9 Å². The zero-order chi connectivity index (χ0) is 15.4. The van der Waals surface area contributed by atoms with Gasteiger partial charge in [-0.2, -0.15) is 4.98 Å². The molecule has 0 bridgehead atoms. The Morgan fingerprint density at radius 2 is 1.95 bits per heavy atom. The van der Waals surface area contributed by atoms with E-state index in [4.69, 9.17) is 4.42 Å². The number of oxazole rings is 1. The van der Waals surface area contributed by atoms with Crippen molar-refractivity contribution in [2.45, 2.75) is 20.8 Å². The third-order valence-corrected chi connectivity index (χ3v) is 4.10. The van der Waals surface area contributed by atoms with Gasteiger partial charge >= 0.3 is 11.5 Å². The van der Waals surface area contributed by atoms with Gasteiger partial charge in [0.05, 0.1) is 7.05 Å². The zero-order valence-electron chi connectivity index (χ0n) is 13.0. The van der Waals surface area contributed by atoms with Crippen molar-refractivity contribution in [1.29, 1.82) is 0 Å². The summed E-state index contributed by atoms with van der Waals surface area (Å²) in [5.41, 5.74) is 7.22. The van der Waals surface area contributed by atoms with Crippen molar-refractivity contribution >= 4 is 17.1 Å². The maximum atomic E-state index is 5.90. The first-order valence-corrected chi connectivity index (χ1v) is 7.11. The Bertz CT molecular complexity index is 1030. The van der Waals surface area contributed by atoms with Crippen LogP contribution in [0.15, 0.2) is 29.2 Å². The molecule has 0 aliphatic heterocycles. The molecule has 4 rings (SSSR count). The molecule has 0 spiro atoms. The van der Waals surface area contributed by atoms with E-state index in [1.165, 1.54) is 23.0 Å². The van der Waals surface area contributed by atoms with Crippen molar-refractivity contribution in [2.75, 3.05) is 0 Å².